The fourth-order valence-electron chi connectivity index (χ4n) is 1.42. The van der Waals surface area contributed by atoms with Crippen molar-refractivity contribution in [2.45, 2.75) is 11.3 Å². The van der Waals surface area contributed by atoms with E-state index in [4.69, 9.17) is 4.74 Å². The Hall–Kier alpha value is -0.610. The summed E-state index contributed by atoms with van der Waals surface area (Å²) in [7, 11) is 1.69. The van der Waals surface area contributed by atoms with Crippen LogP contribution in [0.2, 0.25) is 0 Å². The molecule has 0 atom stereocenters. The highest BCUT2D eigenvalue weighted by molar-refractivity contribution is 8.13. The number of nitrogens with zero attached hydrogens (tertiary/aromatic N) is 1. The third-order valence-corrected chi connectivity index (χ3v) is 4.03. The van der Waals surface area contributed by atoms with Gasteiger partial charge in [-0.2, -0.15) is 0 Å². The molecule has 2 rings (SSSR count). The SMILES string of the molecule is COc1ccc2c(c1)SCCC(SC)=N2. The molecule has 2 nitrogen and oxygen atoms in total. The molecule has 1 aliphatic heterocycles. The van der Waals surface area contributed by atoms with Gasteiger partial charge in [0.15, 0.2) is 0 Å². The van der Waals surface area contributed by atoms with Crippen LogP contribution in [0.3, 0.4) is 0 Å². The normalized spacial score (nSPS) is 15.2. The molecule has 0 saturated carbocycles. The van der Waals surface area contributed by atoms with Crippen molar-refractivity contribution in [2.24, 2.45) is 4.99 Å². The number of hydrogen-bond acceptors (Lipinski definition) is 4. The largest absolute Gasteiger partial charge is 0.497 e. The lowest BCUT2D eigenvalue weighted by Gasteiger charge is -2.04. The van der Waals surface area contributed by atoms with Crippen molar-refractivity contribution in [1.29, 1.82) is 0 Å². The summed E-state index contributed by atoms with van der Waals surface area (Å²) in [5.41, 5.74) is 1.07. The molecule has 4 heteroatoms. The van der Waals surface area contributed by atoms with Crippen LogP contribution in [-0.2, 0) is 0 Å². The minimum atomic E-state index is 0.907. The number of hydrogen-bond donors (Lipinski definition) is 0. The minimum Gasteiger partial charge on any atom is -0.497 e. The Kier molecular flexibility index (Phi) is 3.59. The average molecular weight is 239 g/mol. The van der Waals surface area contributed by atoms with E-state index in [0.717, 1.165) is 23.6 Å². The second kappa shape index (κ2) is 4.94. The number of methoxy groups -OCH3 is 1. The van der Waals surface area contributed by atoms with E-state index < -0.39 is 0 Å². The van der Waals surface area contributed by atoms with Crippen LogP contribution in [0.1, 0.15) is 6.42 Å². The number of rotatable bonds is 1. The van der Waals surface area contributed by atoms with Gasteiger partial charge in [0.1, 0.15) is 5.75 Å². The van der Waals surface area contributed by atoms with Gasteiger partial charge in [0.05, 0.1) is 17.8 Å². The predicted molar refractivity (Wildman–Crippen MR) is 68.9 cm³/mol. The van der Waals surface area contributed by atoms with Crippen LogP contribution < -0.4 is 4.74 Å². The Morgan fingerprint density at radius 1 is 1.47 bits per heavy atom. The molecule has 1 aromatic carbocycles. The summed E-state index contributed by atoms with van der Waals surface area (Å²) >= 11 is 3.59. The molecule has 15 heavy (non-hydrogen) atoms. The van der Waals surface area contributed by atoms with Crippen molar-refractivity contribution in [1.82, 2.24) is 0 Å². The van der Waals surface area contributed by atoms with E-state index in [1.807, 2.05) is 23.9 Å². The molecule has 1 aliphatic rings. The topological polar surface area (TPSA) is 21.6 Å². The highest BCUT2D eigenvalue weighted by atomic mass is 32.2. The first-order valence-corrected chi connectivity index (χ1v) is 6.97. The van der Waals surface area contributed by atoms with E-state index in [9.17, 15) is 0 Å². The molecular formula is C11H13NOS2. The first-order chi connectivity index (χ1) is 7.33. The second-order valence-electron chi connectivity index (χ2n) is 3.14. The first-order valence-electron chi connectivity index (χ1n) is 4.76. The molecule has 0 N–H and O–H groups in total. The van der Waals surface area contributed by atoms with Crippen molar-refractivity contribution < 1.29 is 4.74 Å². The molecule has 0 fully saturated rings. The molecule has 0 bridgehead atoms. The standard InChI is InChI=1S/C11H13NOS2/c1-13-8-3-4-9-10(7-8)15-6-5-11(12-9)14-2/h3-4,7H,5-6H2,1-2H3. The van der Waals surface area contributed by atoms with Gasteiger partial charge in [0.2, 0.25) is 0 Å². The maximum Gasteiger partial charge on any atom is 0.120 e. The number of benzene rings is 1. The minimum absolute atomic E-state index is 0.907. The molecule has 0 spiro atoms. The fraction of sp³-hybridized carbons (Fsp3) is 0.364. The Morgan fingerprint density at radius 2 is 2.33 bits per heavy atom. The first kappa shape index (κ1) is 10.9. The maximum absolute atomic E-state index is 5.21. The molecule has 1 aromatic rings. The smallest absolute Gasteiger partial charge is 0.120 e. The van der Waals surface area contributed by atoms with Crippen LogP contribution in [0.25, 0.3) is 0 Å². The summed E-state index contributed by atoms with van der Waals surface area (Å²) in [5.74, 6) is 2.00. The third-order valence-electron chi connectivity index (χ3n) is 2.22. The Bertz CT molecular complexity index is 390. The van der Waals surface area contributed by atoms with Crippen LogP contribution in [0.15, 0.2) is 28.1 Å². The van der Waals surface area contributed by atoms with Gasteiger partial charge in [0.25, 0.3) is 0 Å². The predicted octanol–water partition coefficient (Wildman–Crippen LogP) is 3.58. The molecule has 80 valence electrons. The van der Waals surface area contributed by atoms with E-state index >= 15 is 0 Å². The molecule has 0 aromatic heterocycles. The van der Waals surface area contributed by atoms with E-state index in [0.29, 0.717) is 0 Å². The van der Waals surface area contributed by atoms with Crippen LogP contribution in [-0.4, -0.2) is 24.2 Å². The number of fused-ring (bicyclic) bond motifs is 1. The van der Waals surface area contributed by atoms with E-state index in [1.54, 1.807) is 18.9 Å². The van der Waals surface area contributed by atoms with Gasteiger partial charge in [-0.1, -0.05) is 0 Å². The summed E-state index contributed by atoms with van der Waals surface area (Å²) in [4.78, 5) is 5.86. The zero-order valence-electron chi connectivity index (χ0n) is 8.82. The second-order valence-corrected chi connectivity index (χ2v) is 5.16. The van der Waals surface area contributed by atoms with Crippen LogP contribution in [0.4, 0.5) is 5.69 Å². The van der Waals surface area contributed by atoms with Crippen molar-refractivity contribution in [3.63, 3.8) is 0 Å². The quantitative estimate of drug-likeness (QED) is 0.747. The van der Waals surface area contributed by atoms with Gasteiger partial charge >= 0.3 is 0 Å². The molecule has 0 saturated heterocycles. The van der Waals surface area contributed by atoms with Gasteiger partial charge < -0.3 is 4.74 Å². The van der Waals surface area contributed by atoms with Crippen molar-refractivity contribution in [2.75, 3.05) is 19.1 Å². The summed E-state index contributed by atoms with van der Waals surface area (Å²) in [6.07, 6.45) is 3.14. The molecule has 0 aliphatic carbocycles. The van der Waals surface area contributed by atoms with Crippen LogP contribution in [0.5, 0.6) is 5.75 Å². The lowest BCUT2D eigenvalue weighted by Crippen LogP contribution is -1.90. The molecular weight excluding hydrogens is 226 g/mol. The Morgan fingerprint density at radius 3 is 3.07 bits per heavy atom. The number of aliphatic imine (C=N–C) groups is 1. The van der Waals surface area contributed by atoms with E-state index in [-0.39, 0.29) is 0 Å². The van der Waals surface area contributed by atoms with E-state index in [1.165, 1.54) is 9.94 Å². The highest BCUT2D eigenvalue weighted by Gasteiger charge is 2.10. The van der Waals surface area contributed by atoms with Crippen molar-refractivity contribution in [3.8, 4) is 5.75 Å². The Balaban J connectivity index is 2.38. The third kappa shape index (κ3) is 2.49. The summed E-state index contributed by atoms with van der Waals surface area (Å²) in [6, 6.07) is 6.06. The molecule has 0 radical (unpaired) electrons. The lowest BCUT2D eigenvalue weighted by atomic mass is 10.3. The van der Waals surface area contributed by atoms with Crippen LogP contribution >= 0.6 is 23.5 Å². The van der Waals surface area contributed by atoms with Gasteiger partial charge in [0, 0.05) is 17.1 Å². The Labute approximate surface area is 98.5 Å². The average Bonchev–Trinajstić information content (AvgIpc) is 2.49. The molecule has 1 heterocycles. The van der Waals surface area contributed by atoms with Gasteiger partial charge in [-0.15, -0.1) is 23.5 Å². The molecule has 0 amide bonds. The zero-order chi connectivity index (χ0) is 10.7. The fourth-order valence-corrected chi connectivity index (χ4v) is 3.02. The number of ether oxygens (including phenoxy) is 1. The maximum atomic E-state index is 5.21. The zero-order valence-corrected chi connectivity index (χ0v) is 10.5. The summed E-state index contributed by atoms with van der Waals surface area (Å²) in [5, 5.41) is 1.21. The van der Waals surface area contributed by atoms with E-state index in [2.05, 4.69) is 17.3 Å². The van der Waals surface area contributed by atoms with Gasteiger partial charge in [-0.05, 0) is 24.5 Å². The van der Waals surface area contributed by atoms with Gasteiger partial charge in [-0.25, -0.2) is 4.99 Å². The monoisotopic (exact) mass is 239 g/mol. The highest BCUT2D eigenvalue weighted by Crippen LogP contribution is 2.36. The summed E-state index contributed by atoms with van der Waals surface area (Å²) < 4.78 is 5.21. The van der Waals surface area contributed by atoms with Crippen molar-refractivity contribution >= 4 is 34.3 Å². The van der Waals surface area contributed by atoms with Gasteiger partial charge in [-0.3, -0.25) is 0 Å². The number of thioether (sulfide) groups is 2. The lowest BCUT2D eigenvalue weighted by molar-refractivity contribution is 0.414. The van der Waals surface area contributed by atoms with Crippen LogP contribution in [0, 0.1) is 0 Å². The summed E-state index contributed by atoms with van der Waals surface area (Å²) in [6.45, 7) is 0. The van der Waals surface area contributed by atoms with Crippen molar-refractivity contribution in [3.05, 3.63) is 18.2 Å². The molecule has 0 unspecified atom stereocenters.